The predicted molar refractivity (Wildman–Crippen MR) is 96.5 cm³/mol. The maximum Gasteiger partial charge on any atom is 0.267 e. The number of hydrogen-bond donors (Lipinski definition) is 0. The van der Waals surface area contributed by atoms with E-state index in [4.69, 9.17) is 0 Å². The van der Waals surface area contributed by atoms with Crippen LogP contribution in [0.5, 0.6) is 0 Å². The van der Waals surface area contributed by atoms with Crippen LogP contribution in [0.25, 0.3) is 0 Å². The van der Waals surface area contributed by atoms with Crippen LogP contribution in [-0.2, 0) is 4.79 Å². The molecule has 136 valence electrons. The Morgan fingerprint density at radius 3 is 2.40 bits per heavy atom. The highest BCUT2D eigenvalue weighted by Gasteiger charge is 2.29. The van der Waals surface area contributed by atoms with E-state index in [0.717, 1.165) is 38.0 Å². The zero-order chi connectivity index (χ0) is 17.2. The standard InChI is InChI=1S/C20H29N3O2/c24-19-9-8-18(16-6-7-16)21-23(19)17-10-12-22(13-11-17)20(25)14-15-4-2-1-3-5-15/h8-9,15-17H,1-7,10-14H2. The first-order chi connectivity index (χ1) is 12.2. The first kappa shape index (κ1) is 16.8. The summed E-state index contributed by atoms with van der Waals surface area (Å²) < 4.78 is 1.69. The molecule has 25 heavy (non-hydrogen) atoms. The monoisotopic (exact) mass is 343 g/mol. The van der Waals surface area contributed by atoms with Gasteiger partial charge in [-0.25, -0.2) is 4.68 Å². The molecular formula is C20H29N3O2. The number of piperidine rings is 1. The highest BCUT2D eigenvalue weighted by Crippen LogP contribution is 2.38. The lowest BCUT2D eigenvalue weighted by atomic mass is 9.86. The van der Waals surface area contributed by atoms with Crippen molar-refractivity contribution in [2.45, 2.75) is 76.2 Å². The summed E-state index contributed by atoms with van der Waals surface area (Å²) in [4.78, 5) is 26.8. The Labute approximate surface area is 149 Å². The third-order valence-electron chi connectivity index (χ3n) is 6.19. The average Bonchev–Trinajstić information content (AvgIpc) is 3.48. The number of hydrogen-bond acceptors (Lipinski definition) is 3. The van der Waals surface area contributed by atoms with Gasteiger partial charge in [-0.05, 0) is 50.5 Å². The van der Waals surface area contributed by atoms with E-state index in [1.807, 2.05) is 11.0 Å². The molecule has 0 aromatic carbocycles. The van der Waals surface area contributed by atoms with Crippen LogP contribution in [0.3, 0.4) is 0 Å². The maximum absolute atomic E-state index is 12.6. The summed E-state index contributed by atoms with van der Waals surface area (Å²) >= 11 is 0. The Kier molecular flexibility index (Phi) is 4.91. The quantitative estimate of drug-likeness (QED) is 0.843. The van der Waals surface area contributed by atoms with Crippen molar-refractivity contribution in [1.82, 2.24) is 14.7 Å². The van der Waals surface area contributed by atoms with Gasteiger partial charge in [0.25, 0.3) is 5.56 Å². The number of carbonyl (C=O) groups is 1. The van der Waals surface area contributed by atoms with Crippen LogP contribution in [0.15, 0.2) is 16.9 Å². The molecule has 3 fully saturated rings. The van der Waals surface area contributed by atoms with E-state index in [1.165, 1.54) is 44.9 Å². The van der Waals surface area contributed by atoms with Crippen molar-refractivity contribution in [3.63, 3.8) is 0 Å². The van der Waals surface area contributed by atoms with Crippen LogP contribution in [0, 0.1) is 5.92 Å². The van der Waals surface area contributed by atoms with E-state index in [-0.39, 0.29) is 11.6 Å². The number of rotatable bonds is 4. The smallest absolute Gasteiger partial charge is 0.267 e. The van der Waals surface area contributed by atoms with Gasteiger partial charge in [0.05, 0.1) is 11.7 Å². The average molecular weight is 343 g/mol. The lowest BCUT2D eigenvalue weighted by Crippen LogP contribution is -2.42. The molecule has 5 nitrogen and oxygen atoms in total. The Bertz CT molecular complexity index is 666. The number of likely N-dealkylation sites (tertiary alicyclic amines) is 1. The van der Waals surface area contributed by atoms with E-state index in [2.05, 4.69) is 5.10 Å². The molecule has 0 bridgehead atoms. The predicted octanol–water partition coefficient (Wildman–Crippen LogP) is 3.25. The molecule has 0 radical (unpaired) electrons. The van der Waals surface area contributed by atoms with Crippen LogP contribution < -0.4 is 5.56 Å². The zero-order valence-electron chi connectivity index (χ0n) is 15.0. The fraction of sp³-hybridized carbons (Fsp3) is 0.750. The Morgan fingerprint density at radius 2 is 1.72 bits per heavy atom. The highest BCUT2D eigenvalue weighted by atomic mass is 16.2. The number of aromatic nitrogens is 2. The number of carbonyl (C=O) groups excluding carboxylic acids is 1. The molecule has 0 spiro atoms. The molecule has 2 saturated carbocycles. The molecule has 2 heterocycles. The van der Waals surface area contributed by atoms with Crippen molar-refractivity contribution in [2.24, 2.45) is 5.92 Å². The van der Waals surface area contributed by atoms with Gasteiger partial charge < -0.3 is 4.90 Å². The minimum atomic E-state index is -0.00335. The molecule has 1 aromatic rings. The molecule has 2 aliphatic carbocycles. The molecule has 1 saturated heterocycles. The molecule has 1 aliphatic heterocycles. The third-order valence-corrected chi connectivity index (χ3v) is 6.19. The molecule has 5 heteroatoms. The van der Waals surface area contributed by atoms with Gasteiger partial charge in [0, 0.05) is 31.5 Å². The van der Waals surface area contributed by atoms with Gasteiger partial charge in [0.15, 0.2) is 0 Å². The van der Waals surface area contributed by atoms with Gasteiger partial charge in [-0.1, -0.05) is 19.3 Å². The lowest BCUT2D eigenvalue weighted by Gasteiger charge is -2.33. The maximum atomic E-state index is 12.6. The van der Waals surface area contributed by atoms with Gasteiger partial charge in [0.1, 0.15) is 0 Å². The topological polar surface area (TPSA) is 55.2 Å². The van der Waals surface area contributed by atoms with Crippen LogP contribution in [-0.4, -0.2) is 33.7 Å². The van der Waals surface area contributed by atoms with Crippen molar-refractivity contribution < 1.29 is 4.79 Å². The molecule has 0 atom stereocenters. The van der Waals surface area contributed by atoms with Gasteiger partial charge in [-0.3, -0.25) is 9.59 Å². The van der Waals surface area contributed by atoms with E-state index >= 15 is 0 Å². The summed E-state index contributed by atoms with van der Waals surface area (Å²) in [5.74, 6) is 1.47. The molecule has 0 N–H and O–H groups in total. The number of nitrogens with zero attached hydrogens (tertiary/aromatic N) is 3. The lowest BCUT2D eigenvalue weighted by molar-refractivity contribution is -0.133. The second kappa shape index (κ2) is 7.30. The molecular weight excluding hydrogens is 314 g/mol. The summed E-state index contributed by atoms with van der Waals surface area (Å²) in [7, 11) is 0. The first-order valence-electron chi connectivity index (χ1n) is 10.1. The van der Waals surface area contributed by atoms with Crippen LogP contribution >= 0.6 is 0 Å². The molecule has 1 aromatic heterocycles. The van der Waals surface area contributed by atoms with Gasteiger partial charge >= 0.3 is 0 Å². The Balaban J connectivity index is 1.34. The van der Waals surface area contributed by atoms with Crippen LogP contribution in [0.1, 0.15) is 81.9 Å². The fourth-order valence-corrected chi connectivity index (χ4v) is 4.43. The fourth-order valence-electron chi connectivity index (χ4n) is 4.43. The van der Waals surface area contributed by atoms with Gasteiger partial charge in [-0.2, -0.15) is 5.10 Å². The summed E-state index contributed by atoms with van der Waals surface area (Å²) in [5, 5.41) is 4.62. The molecule has 1 amide bonds. The van der Waals surface area contributed by atoms with Crippen molar-refractivity contribution in [2.75, 3.05) is 13.1 Å². The molecule has 0 unspecified atom stereocenters. The largest absolute Gasteiger partial charge is 0.343 e. The first-order valence-corrected chi connectivity index (χ1v) is 10.1. The Morgan fingerprint density at radius 1 is 1.00 bits per heavy atom. The van der Waals surface area contributed by atoms with Crippen molar-refractivity contribution in [3.8, 4) is 0 Å². The van der Waals surface area contributed by atoms with Crippen molar-refractivity contribution >= 4 is 5.91 Å². The summed E-state index contributed by atoms with van der Waals surface area (Å²) in [5.41, 5.74) is 1.06. The normalized spacial score (nSPS) is 23.0. The van der Waals surface area contributed by atoms with E-state index in [0.29, 0.717) is 17.7 Å². The van der Waals surface area contributed by atoms with E-state index < -0.39 is 0 Å². The second-order valence-corrected chi connectivity index (χ2v) is 8.14. The van der Waals surface area contributed by atoms with Crippen LogP contribution in [0.4, 0.5) is 0 Å². The highest BCUT2D eigenvalue weighted by molar-refractivity contribution is 5.76. The molecule has 4 rings (SSSR count). The number of amides is 1. The SMILES string of the molecule is O=C(CC1CCCCC1)N1CCC(n2nc(C3CC3)ccc2=O)CC1. The minimum absolute atomic E-state index is 0.00335. The minimum Gasteiger partial charge on any atom is -0.343 e. The molecule has 3 aliphatic rings. The van der Waals surface area contributed by atoms with Crippen molar-refractivity contribution in [1.29, 1.82) is 0 Å². The van der Waals surface area contributed by atoms with E-state index in [9.17, 15) is 9.59 Å². The summed E-state index contributed by atoms with van der Waals surface area (Å²) in [6.45, 7) is 1.52. The zero-order valence-corrected chi connectivity index (χ0v) is 15.0. The van der Waals surface area contributed by atoms with E-state index in [1.54, 1.807) is 10.7 Å². The summed E-state index contributed by atoms with van der Waals surface area (Å²) in [6, 6.07) is 3.70. The van der Waals surface area contributed by atoms with Gasteiger partial charge in [-0.15, -0.1) is 0 Å². The van der Waals surface area contributed by atoms with Crippen molar-refractivity contribution in [3.05, 3.63) is 28.2 Å². The Hall–Kier alpha value is -1.65. The van der Waals surface area contributed by atoms with Crippen LogP contribution in [0.2, 0.25) is 0 Å². The second-order valence-electron chi connectivity index (χ2n) is 8.14. The summed E-state index contributed by atoms with van der Waals surface area (Å²) in [6.07, 6.45) is 11.1. The van der Waals surface area contributed by atoms with Gasteiger partial charge in [0.2, 0.25) is 5.91 Å². The third kappa shape index (κ3) is 3.96.